The van der Waals surface area contributed by atoms with E-state index in [1.807, 2.05) is 6.07 Å². The Morgan fingerprint density at radius 3 is 3.09 bits per heavy atom. The number of rotatable bonds is 4. The predicted molar refractivity (Wildman–Crippen MR) is 44.0 cm³/mol. The average Bonchev–Trinajstić information content (AvgIpc) is 2.07. The molecule has 0 saturated heterocycles. The van der Waals surface area contributed by atoms with Crippen molar-refractivity contribution in [3.05, 3.63) is 24.3 Å². The summed E-state index contributed by atoms with van der Waals surface area (Å²) in [4.78, 5) is 7.91. The molecule has 0 amide bonds. The zero-order chi connectivity index (χ0) is 7.94. The highest BCUT2D eigenvalue weighted by atomic mass is 14.9. The molecule has 60 valence electrons. The first kappa shape index (κ1) is 8.14. The molecule has 0 aliphatic rings. The molecule has 0 aliphatic heterocycles. The molecule has 0 saturated carbocycles. The summed E-state index contributed by atoms with van der Waals surface area (Å²) in [5.41, 5.74) is 1.05. The van der Waals surface area contributed by atoms with Gasteiger partial charge in [-0.15, -0.1) is 0 Å². The normalized spacial score (nSPS) is 9.91. The molecular weight excluding hydrogens is 138 g/mol. The lowest BCUT2D eigenvalue weighted by atomic mass is 10.4. The van der Waals surface area contributed by atoms with E-state index in [-0.39, 0.29) is 0 Å². The van der Waals surface area contributed by atoms with Crippen molar-refractivity contribution >= 4 is 0 Å². The molecule has 0 bridgehead atoms. The van der Waals surface area contributed by atoms with Gasteiger partial charge in [0, 0.05) is 12.7 Å². The Morgan fingerprint density at radius 1 is 1.55 bits per heavy atom. The fourth-order valence-corrected chi connectivity index (χ4v) is 0.816. The fourth-order valence-electron chi connectivity index (χ4n) is 0.816. The van der Waals surface area contributed by atoms with E-state index in [2.05, 4.69) is 22.2 Å². The van der Waals surface area contributed by atoms with Crippen LogP contribution in [0.5, 0.6) is 0 Å². The zero-order valence-electron chi connectivity index (χ0n) is 6.75. The maximum absolute atomic E-state index is 4.08. The van der Waals surface area contributed by atoms with E-state index in [9.17, 15) is 0 Å². The van der Waals surface area contributed by atoms with E-state index in [0.717, 1.165) is 25.2 Å². The average molecular weight is 151 g/mol. The second kappa shape index (κ2) is 4.79. The third-order valence-electron chi connectivity index (χ3n) is 1.38. The van der Waals surface area contributed by atoms with E-state index in [4.69, 9.17) is 0 Å². The summed E-state index contributed by atoms with van der Waals surface area (Å²) in [6.07, 6.45) is 4.49. The lowest BCUT2D eigenvalue weighted by Gasteiger charge is -2.00. The van der Waals surface area contributed by atoms with Gasteiger partial charge in [0.25, 0.3) is 0 Å². The smallest absolute Gasteiger partial charge is 0.115 e. The van der Waals surface area contributed by atoms with Crippen molar-refractivity contribution in [2.45, 2.75) is 19.9 Å². The van der Waals surface area contributed by atoms with Gasteiger partial charge < -0.3 is 5.32 Å². The van der Waals surface area contributed by atoms with Crippen LogP contribution in [-0.2, 0) is 6.54 Å². The van der Waals surface area contributed by atoms with Crippen molar-refractivity contribution in [3.63, 3.8) is 0 Å². The molecule has 1 N–H and O–H groups in total. The molecule has 1 rings (SSSR count). The second-order valence-electron chi connectivity index (χ2n) is 2.38. The topological polar surface area (TPSA) is 37.8 Å². The van der Waals surface area contributed by atoms with Gasteiger partial charge in [-0.1, -0.05) is 6.92 Å². The van der Waals surface area contributed by atoms with Crippen LogP contribution in [0.2, 0.25) is 0 Å². The van der Waals surface area contributed by atoms with Gasteiger partial charge in [-0.2, -0.15) is 0 Å². The maximum Gasteiger partial charge on any atom is 0.115 e. The molecule has 0 atom stereocenters. The van der Waals surface area contributed by atoms with Crippen LogP contribution in [-0.4, -0.2) is 16.5 Å². The summed E-state index contributed by atoms with van der Waals surface area (Å²) >= 11 is 0. The zero-order valence-corrected chi connectivity index (χ0v) is 6.75. The van der Waals surface area contributed by atoms with Gasteiger partial charge >= 0.3 is 0 Å². The minimum atomic E-state index is 0.844. The Hall–Kier alpha value is -0.960. The van der Waals surface area contributed by atoms with Gasteiger partial charge in [0.15, 0.2) is 0 Å². The molecule has 0 aromatic carbocycles. The van der Waals surface area contributed by atoms with Gasteiger partial charge in [0.1, 0.15) is 6.33 Å². The summed E-state index contributed by atoms with van der Waals surface area (Å²) in [6.45, 7) is 4.04. The Bertz CT molecular complexity index is 186. The number of aromatic nitrogens is 2. The summed E-state index contributed by atoms with van der Waals surface area (Å²) in [5, 5.41) is 3.26. The van der Waals surface area contributed by atoms with Crippen molar-refractivity contribution in [2.24, 2.45) is 0 Å². The molecule has 0 radical (unpaired) electrons. The van der Waals surface area contributed by atoms with Gasteiger partial charge in [0.05, 0.1) is 5.69 Å². The quantitative estimate of drug-likeness (QED) is 0.652. The highest BCUT2D eigenvalue weighted by Crippen LogP contribution is 1.88. The molecule has 11 heavy (non-hydrogen) atoms. The third-order valence-corrected chi connectivity index (χ3v) is 1.38. The van der Waals surface area contributed by atoms with Crippen LogP contribution >= 0.6 is 0 Å². The monoisotopic (exact) mass is 151 g/mol. The largest absolute Gasteiger partial charge is 0.311 e. The lowest BCUT2D eigenvalue weighted by molar-refractivity contribution is 0.663. The molecule has 3 heteroatoms. The van der Waals surface area contributed by atoms with Gasteiger partial charge in [0.2, 0.25) is 0 Å². The number of nitrogens with one attached hydrogen (secondary N) is 1. The van der Waals surface area contributed by atoms with Crippen molar-refractivity contribution in [2.75, 3.05) is 6.54 Å². The summed E-state index contributed by atoms with van der Waals surface area (Å²) in [6, 6.07) is 1.92. The van der Waals surface area contributed by atoms with E-state index in [0.29, 0.717) is 0 Å². The lowest BCUT2D eigenvalue weighted by Crippen LogP contribution is -2.14. The van der Waals surface area contributed by atoms with Crippen molar-refractivity contribution in [3.8, 4) is 0 Å². The first-order chi connectivity index (χ1) is 5.43. The standard InChI is InChI=1S/C8H13N3/c1-2-4-9-6-8-3-5-10-7-11-8/h3,5,7,9H,2,4,6H2,1H3. The Balaban J connectivity index is 2.28. The molecule has 3 nitrogen and oxygen atoms in total. The molecule has 0 fully saturated rings. The van der Waals surface area contributed by atoms with Gasteiger partial charge in [-0.3, -0.25) is 0 Å². The van der Waals surface area contributed by atoms with E-state index in [1.165, 1.54) is 0 Å². The minimum absolute atomic E-state index is 0.844. The second-order valence-corrected chi connectivity index (χ2v) is 2.38. The molecule has 1 aromatic heterocycles. The SMILES string of the molecule is CCCNCc1ccncn1. The highest BCUT2D eigenvalue weighted by molar-refractivity contribution is 4.96. The highest BCUT2D eigenvalue weighted by Gasteiger charge is 1.89. The fraction of sp³-hybridized carbons (Fsp3) is 0.500. The van der Waals surface area contributed by atoms with Crippen LogP contribution in [0.4, 0.5) is 0 Å². The van der Waals surface area contributed by atoms with Gasteiger partial charge in [-0.25, -0.2) is 9.97 Å². The summed E-state index contributed by atoms with van der Waals surface area (Å²) < 4.78 is 0. The Morgan fingerprint density at radius 2 is 2.45 bits per heavy atom. The summed E-state index contributed by atoms with van der Waals surface area (Å²) in [5.74, 6) is 0. The molecule has 1 heterocycles. The third kappa shape index (κ3) is 3.09. The molecular formula is C8H13N3. The van der Waals surface area contributed by atoms with Crippen molar-refractivity contribution in [1.82, 2.24) is 15.3 Å². The van der Waals surface area contributed by atoms with E-state index in [1.54, 1.807) is 12.5 Å². The van der Waals surface area contributed by atoms with Crippen LogP contribution in [0.15, 0.2) is 18.6 Å². The number of hydrogen-bond donors (Lipinski definition) is 1. The van der Waals surface area contributed by atoms with Crippen molar-refractivity contribution < 1.29 is 0 Å². The first-order valence-electron chi connectivity index (χ1n) is 3.89. The Kier molecular flexibility index (Phi) is 3.55. The minimum Gasteiger partial charge on any atom is -0.311 e. The van der Waals surface area contributed by atoms with Crippen LogP contribution in [0.25, 0.3) is 0 Å². The number of nitrogens with zero attached hydrogens (tertiary/aromatic N) is 2. The van der Waals surface area contributed by atoms with E-state index >= 15 is 0 Å². The Labute approximate surface area is 66.9 Å². The van der Waals surface area contributed by atoms with E-state index < -0.39 is 0 Å². The van der Waals surface area contributed by atoms with Gasteiger partial charge in [-0.05, 0) is 19.0 Å². The van der Waals surface area contributed by atoms with Crippen LogP contribution in [0.1, 0.15) is 19.0 Å². The summed E-state index contributed by atoms with van der Waals surface area (Å²) in [7, 11) is 0. The first-order valence-corrected chi connectivity index (χ1v) is 3.89. The molecule has 0 aliphatic carbocycles. The van der Waals surface area contributed by atoms with Crippen molar-refractivity contribution in [1.29, 1.82) is 0 Å². The molecule has 0 spiro atoms. The van der Waals surface area contributed by atoms with Crippen LogP contribution in [0.3, 0.4) is 0 Å². The molecule has 1 aromatic rings. The van der Waals surface area contributed by atoms with Crippen LogP contribution in [0, 0.1) is 0 Å². The predicted octanol–water partition coefficient (Wildman–Crippen LogP) is 0.976. The number of hydrogen-bond acceptors (Lipinski definition) is 3. The van der Waals surface area contributed by atoms with Crippen LogP contribution < -0.4 is 5.32 Å². The maximum atomic E-state index is 4.08. The molecule has 0 unspecified atom stereocenters.